The van der Waals surface area contributed by atoms with Gasteiger partial charge in [0.05, 0.1) is 0 Å². The van der Waals surface area contributed by atoms with Crippen molar-refractivity contribution in [2.24, 2.45) is 4.99 Å². The third-order valence-corrected chi connectivity index (χ3v) is 4.84. The SMILES string of the molecule is CN=C(NCCSC)NCc1ccccc1CN1CCCCC1.I. The summed E-state index contributed by atoms with van der Waals surface area (Å²) in [5, 5.41) is 6.78. The topological polar surface area (TPSA) is 39.7 Å². The summed E-state index contributed by atoms with van der Waals surface area (Å²) in [6.07, 6.45) is 6.19. The average molecular weight is 462 g/mol. The summed E-state index contributed by atoms with van der Waals surface area (Å²) < 4.78 is 0. The molecule has 0 spiro atoms. The Morgan fingerprint density at radius 2 is 1.83 bits per heavy atom. The summed E-state index contributed by atoms with van der Waals surface area (Å²) in [6, 6.07) is 8.76. The molecular weight excluding hydrogens is 431 g/mol. The second-order valence-electron chi connectivity index (χ2n) is 5.95. The fraction of sp³-hybridized carbons (Fsp3) is 0.611. The van der Waals surface area contributed by atoms with Crippen LogP contribution in [0.2, 0.25) is 0 Å². The first-order valence-electron chi connectivity index (χ1n) is 8.56. The Morgan fingerprint density at radius 1 is 1.12 bits per heavy atom. The number of hydrogen-bond donors (Lipinski definition) is 2. The maximum Gasteiger partial charge on any atom is 0.191 e. The minimum absolute atomic E-state index is 0. The van der Waals surface area contributed by atoms with Crippen LogP contribution in [0.4, 0.5) is 0 Å². The maximum absolute atomic E-state index is 4.30. The van der Waals surface area contributed by atoms with Crippen molar-refractivity contribution in [2.45, 2.75) is 32.4 Å². The fourth-order valence-electron chi connectivity index (χ4n) is 2.91. The van der Waals surface area contributed by atoms with E-state index in [1.54, 1.807) is 0 Å². The highest BCUT2D eigenvalue weighted by Gasteiger charge is 2.12. The van der Waals surface area contributed by atoms with Gasteiger partial charge in [-0.15, -0.1) is 24.0 Å². The molecule has 1 aliphatic rings. The van der Waals surface area contributed by atoms with E-state index >= 15 is 0 Å². The molecule has 1 aliphatic heterocycles. The third kappa shape index (κ3) is 7.61. The van der Waals surface area contributed by atoms with E-state index in [9.17, 15) is 0 Å². The second-order valence-corrected chi connectivity index (χ2v) is 6.94. The lowest BCUT2D eigenvalue weighted by atomic mass is 10.0. The number of aliphatic imine (C=N–C) groups is 1. The van der Waals surface area contributed by atoms with Crippen molar-refractivity contribution in [1.82, 2.24) is 15.5 Å². The Kier molecular flexibility index (Phi) is 11.5. The normalized spacial score (nSPS) is 15.7. The number of guanidine groups is 1. The predicted octanol–water partition coefficient (Wildman–Crippen LogP) is 3.32. The monoisotopic (exact) mass is 462 g/mol. The fourth-order valence-corrected chi connectivity index (χ4v) is 3.22. The molecule has 2 rings (SSSR count). The highest BCUT2D eigenvalue weighted by Crippen LogP contribution is 2.16. The lowest BCUT2D eigenvalue weighted by Gasteiger charge is -2.27. The molecule has 0 amide bonds. The molecule has 4 nitrogen and oxygen atoms in total. The van der Waals surface area contributed by atoms with Crippen LogP contribution in [0.15, 0.2) is 29.3 Å². The summed E-state index contributed by atoms with van der Waals surface area (Å²) >= 11 is 1.84. The van der Waals surface area contributed by atoms with Gasteiger partial charge in [0, 0.05) is 32.4 Å². The molecule has 1 saturated heterocycles. The average Bonchev–Trinajstić information content (AvgIpc) is 2.60. The van der Waals surface area contributed by atoms with Gasteiger partial charge in [0.15, 0.2) is 5.96 Å². The number of nitrogens with one attached hydrogen (secondary N) is 2. The molecule has 1 aromatic carbocycles. The Hall–Kier alpha value is -0.470. The van der Waals surface area contributed by atoms with Crippen molar-refractivity contribution in [1.29, 1.82) is 0 Å². The minimum Gasteiger partial charge on any atom is -0.356 e. The molecule has 2 N–H and O–H groups in total. The van der Waals surface area contributed by atoms with Crippen molar-refractivity contribution in [3.63, 3.8) is 0 Å². The molecule has 0 bridgehead atoms. The van der Waals surface area contributed by atoms with Crippen molar-refractivity contribution >= 4 is 41.7 Å². The van der Waals surface area contributed by atoms with E-state index in [-0.39, 0.29) is 24.0 Å². The number of likely N-dealkylation sites (tertiary alicyclic amines) is 1. The van der Waals surface area contributed by atoms with Crippen molar-refractivity contribution in [3.05, 3.63) is 35.4 Å². The van der Waals surface area contributed by atoms with Gasteiger partial charge in [-0.2, -0.15) is 11.8 Å². The van der Waals surface area contributed by atoms with E-state index in [0.717, 1.165) is 31.3 Å². The van der Waals surface area contributed by atoms with Gasteiger partial charge in [-0.1, -0.05) is 30.7 Å². The Bertz CT molecular complexity index is 490. The first kappa shape index (κ1) is 21.6. The highest BCUT2D eigenvalue weighted by molar-refractivity contribution is 14.0. The molecule has 0 radical (unpaired) electrons. The van der Waals surface area contributed by atoms with Crippen molar-refractivity contribution < 1.29 is 0 Å². The van der Waals surface area contributed by atoms with Gasteiger partial charge in [-0.25, -0.2) is 0 Å². The standard InChI is InChI=1S/C18H30N4S.HI/c1-19-18(20-10-13-23-2)21-14-16-8-4-5-9-17(16)15-22-11-6-3-7-12-22;/h4-5,8-9H,3,6-7,10-15H2,1-2H3,(H2,19,20,21);1H. The number of piperidine rings is 1. The molecular formula is C18H31IN4S. The molecule has 24 heavy (non-hydrogen) atoms. The van der Waals surface area contributed by atoms with Gasteiger partial charge in [-0.05, 0) is 43.3 Å². The number of hydrogen-bond acceptors (Lipinski definition) is 3. The molecule has 0 saturated carbocycles. The number of benzene rings is 1. The van der Waals surface area contributed by atoms with Crippen molar-refractivity contribution in [3.8, 4) is 0 Å². The van der Waals surface area contributed by atoms with Crippen LogP contribution < -0.4 is 10.6 Å². The van der Waals surface area contributed by atoms with Gasteiger partial charge in [0.25, 0.3) is 0 Å². The van der Waals surface area contributed by atoms with Gasteiger partial charge in [-0.3, -0.25) is 9.89 Å². The Balaban J connectivity index is 0.00000288. The van der Waals surface area contributed by atoms with Gasteiger partial charge in [0.1, 0.15) is 0 Å². The van der Waals surface area contributed by atoms with Crippen LogP contribution in [0.3, 0.4) is 0 Å². The number of rotatable bonds is 7. The molecule has 1 heterocycles. The summed E-state index contributed by atoms with van der Waals surface area (Å²) in [5.41, 5.74) is 2.80. The Labute approximate surface area is 168 Å². The van der Waals surface area contributed by atoms with E-state index in [4.69, 9.17) is 0 Å². The van der Waals surface area contributed by atoms with Crippen LogP contribution in [0.1, 0.15) is 30.4 Å². The number of halogens is 1. The van der Waals surface area contributed by atoms with E-state index in [1.165, 1.54) is 43.5 Å². The molecule has 136 valence electrons. The van der Waals surface area contributed by atoms with E-state index in [2.05, 4.69) is 51.0 Å². The quantitative estimate of drug-likeness (QED) is 0.282. The Morgan fingerprint density at radius 3 is 2.50 bits per heavy atom. The molecule has 1 aromatic rings. The zero-order chi connectivity index (χ0) is 16.3. The number of thioether (sulfide) groups is 1. The van der Waals surface area contributed by atoms with Crippen LogP contribution in [-0.2, 0) is 13.1 Å². The van der Waals surface area contributed by atoms with Gasteiger partial charge in [0.2, 0.25) is 0 Å². The lowest BCUT2D eigenvalue weighted by molar-refractivity contribution is 0.220. The molecule has 0 aromatic heterocycles. The van der Waals surface area contributed by atoms with Crippen LogP contribution in [0, 0.1) is 0 Å². The molecule has 6 heteroatoms. The molecule has 1 fully saturated rings. The van der Waals surface area contributed by atoms with Crippen LogP contribution in [-0.4, -0.2) is 49.6 Å². The molecule has 0 atom stereocenters. The van der Waals surface area contributed by atoms with Gasteiger partial charge < -0.3 is 10.6 Å². The summed E-state index contributed by atoms with van der Waals surface area (Å²) in [7, 11) is 1.83. The first-order valence-corrected chi connectivity index (χ1v) is 9.95. The predicted molar refractivity (Wildman–Crippen MR) is 118 cm³/mol. The second kappa shape index (κ2) is 12.8. The number of nitrogens with zero attached hydrogens (tertiary/aromatic N) is 2. The largest absolute Gasteiger partial charge is 0.356 e. The summed E-state index contributed by atoms with van der Waals surface area (Å²) in [5.74, 6) is 1.97. The zero-order valence-corrected chi connectivity index (χ0v) is 18.0. The van der Waals surface area contributed by atoms with Crippen LogP contribution >= 0.6 is 35.7 Å². The lowest BCUT2D eigenvalue weighted by Crippen LogP contribution is -2.38. The zero-order valence-electron chi connectivity index (χ0n) is 14.9. The summed E-state index contributed by atoms with van der Waals surface area (Å²) in [4.78, 5) is 6.87. The smallest absolute Gasteiger partial charge is 0.191 e. The summed E-state index contributed by atoms with van der Waals surface area (Å²) in [6.45, 7) is 5.30. The third-order valence-electron chi connectivity index (χ3n) is 4.23. The highest BCUT2D eigenvalue weighted by atomic mass is 127. The first-order chi connectivity index (χ1) is 11.3. The van der Waals surface area contributed by atoms with Crippen molar-refractivity contribution in [2.75, 3.05) is 38.7 Å². The molecule has 0 aliphatic carbocycles. The van der Waals surface area contributed by atoms with Crippen LogP contribution in [0.25, 0.3) is 0 Å². The van der Waals surface area contributed by atoms with Crippen LogP contribution in [0.5, 0.6) is 0 Å². The minimum atomic E-state index is 0. The van der Waals surface area contributed by atoms with Gasteiger partial charge >= 0.3 is 0 Å². The van der Waals surface area contributed by atoms with E-state index in [1.807, 2.05) is 18.8 Å². The van der Waals surface area contributed by atoms with E-state index < -0.39 is 0 Å². The molecule has 0 unspecified atom stereocenters. The van der Waals surface area contributed by atoms with E-state index in [0.29, 0.717) is 0 Å². The maximum atomic E-state index is 4.30.